The van der Waals surface area contributed by atoms with Gasteiger partial charge in [0.25, 0.3) is 0 Å². The lowest BCUT2D eigenvalue weighted by molar-refractivity contribution is 0.0697. The van der Waals surface area contributed by atoms with Gasteiger partial charge in [-0.25, -0.2) is 4.79 Å². The second-order valence-electron chi connectivity index (χ2n) is 5.57. The van der Waals surface area contributed by atoms with E-state index in [4.69, 9.17) is 9.84 Å². The smallest absolute Gasteiger partial charge is 0.335 e. The molecule has 102 valence electrons. The van der Waals surface area contributed by atoms with Crippen LogP contribution in [-0.4, -0.2) is 24.2 Å². The molecule has 1 aromatic carbocycles. The molecule has 4 heteroatoms. The maximum atomic E-state index is 11.1. The Bertz CT molecular complexity index is 480. The van der Waals surface area contributed by atoms with Crippen molar-refractivity contribution in [1.82, 2.24) is 0 Å². The molecule has 19 heavy (non-hydrogen) atoms. The van der Waals surface area contributed by atoms with Crippen molar-refractivity contribution >= 4 is 11.7 Å². The third kappa shape index (κ3) is 2.67. The highest BCUT2D eigenvalue weighted by Gasteiger charge is 2.41. The van der Waals surface area contributed by atoms with Crippen LogP contribution in [0.5, 0.6) is 5.75 Å². The Kier molecular flexibility index (Phi) is 3.09. The molecule has 3 rings (SSSR count). The molecule has 1 aromatic rings. The highest BCUT2D eigenvalue weighted by Crippen LogP contribution is 2.46. The molecule has 2 aliphatic rings. The van der Waals surface area contributed by atoms with Crippen LogP contribution in [0.15, 0.2) is 18.2 Å². The minimum absolute atomic E-state index is 0.300. The maximum Gasteiger partial charge on any atom is 0.335 e. The first-order valence-corrected chi connectivity index (χ1v) is 6.87. The summed E-state index contributed by atoms with van der Waals surface area (Å²) in [5, 5.41) is 12.6. The molecule has 2 fully saturated rings. The minimum atomic E-state index is -0.903. The number of ether oxygens (including phenoxy) is 1. The third-order valence-corrected chi connectivity index (χ3v) is 4.03. The van der Waals surface area contributed by atoms with Crippen LogP contribution in [0.4, 0.5) is 5.69 Å². The van der Waals surface area contributed by atoms with E-state index in [1.807, 2.05) is 0 Å². The average Bonchev–Trinajstić information content (AvgIpc) is 3.29. The molecule has 0 bridgehead atoms. The predicted molar refractivity (Wildman–Crippen MR) is 72.8 cm³/mol. The molecule has 0 radical (unpaired) electrons. The lowest BCUT2D eigenvalue weighted by Gasteiger charge is -2.21. The number of rotatable bonds is 6. The summed E-state index contributed by atoms with van der Waals surface area (Å²) in [5.74, 6) is 1.33. The molecule has 0 heterocycles. The number of hydrogen-bond acceptors (Lipinski definition) is 3. The largest absolute Gasteiger partial charge is 0.495 e. The molecule has 0 spiro atoms. The lowest BCUT2D eigenvalue weighted by Crippen LogP contribution is -2.24. The summed E-state index contributed by atoms with van der Waals surface area (Å²) >= 11 is 0. The van der Waals surface area contributed by atoms with E-state index < -0.39 is 5.97 Å². The Morgan fingerprint density at radius 1 is 1.32 bits per heavy atom. The van der Waals surface area contributed by atoms with E-state index in [0.717, 1.165) is 23.3 Å². The third-order valence-electron chi connectivity index (χ3n) is 4.03. The molecule has 0 aliphatic heterocycles. The van der Waals surface area contributed by atoms with Gasteiger partial charge in [0.1, 0.15) is 5.75 Å². The number of anilines is 1. The normalized spacial score (nSPS) is 18.4. The summed E-state index contributed by atoms with van der Waals surface area (Å²) in [4.78, 5) is 11.1. The van der Waals surface area contributed by atoms with Gasteiger partial charge in [0, 0.05) is 6.04 Å². The van der Waals surface area contributed by atoms with Crippen LogP contribution in [0.3, 0.4) is 0 Å². The molecule has 2 aliphatic carbocycles. The fourth-order valence-corrected chi connectivity index (χ4v) is 2.66. The minimum Gasteiger partial charge on any atom is -0.495 e. The number of benzene rings is 1. The van der Waals surface area contributed by atoms with Gasteiger partial charge < -0.3 is 15.2 Å². The zero-order valence-corrected chi connectivity index (χ0v) is 11.1. The number of carboxylic acids is 1. The molecule has 0 unspecified atom stereocenters. The van der Waals surface area contributed by atoms with Gasteiger partial charge in [-0.1, -0.05) is 0 Å². The van der Waals surface area contributed by atoms with Gasteiger partial charge in [-0.2, -0.15) is 0 Å². The lowest BCUT2D eigenvalue weighted by atomic mass is 10.1. The van der Waals surface area contributed by atoms with Crippen molar-refractivity contribution in [3.63, 3.8) is 0 Å². The average molecular weight is 261 g/mol. The summed E-state index contributed by atoms with van der Waals surface area (Å²) in [6.45, 7) is 0. The second kappa shape index (κ2) is 4.76. The van der Waals surface area contributed by atoms with Crippen molar-refractivity contribution in [2.75, 3.05) is 12.4 Å². The van der Waals surface area contributed by atoms with Gasteiger partial charge in [-0.15, -0.1) is 0 Å². The molecule has 0 aromatic heterocycles. The zero-order chi connectivity index (χ0) is 13.4. The standard InChI is InChI=1S/C15H19NO3/c1-19-13-7-6-11(15(17)18)8-12(13)16-14(9-2-3-9)10-4-5-10/h6-10,14,16H,2-5H2,1H3,(H,17,18). The summed E-state index contributed by atoms with van der Waals surface area (Å²) in [5.41, 5.74) is 1.11. The molecule has 0 atom stereocenters. The van der Waals surface area contributed by atoms with Crippen molar-refractivity contribution in [2.45, 2.75) is 31.7 Å². The van der Waals surface area contributed by atoms with Crippen LogP contribution in [0.2, 0.25) is 0 Å². The Labute approximate surface area is 112 Å². The van der Waals surface area contributed by atoms with Crippen LogP contribution in [0.25, 0.3) is 0 Å². The van der Waals surface area contributed by atoms with Gasteiger partial charge in [0.05, 0.1) is 18.4 Å². The monoisotopic (exact) mass is 261 g/mol. The van der Waals surface area contributed by atoms with Gasteiger partial charge in [0.15, 0.2) is 0 Å². The highest BCUT2D eigenvalue weighted by atomic mass is 16.5. The van der Waals surface area contributed by atoms with E-state index >= 15 is 0 Å². The Morgan fingerprint density at radius 3 is 2.42 bits per heavy atom. The Balaban J connectivity index is 1.84. The fourth-order valence-electron chi connectivity index (χ4n) is 2.66. The van der Waals surface area contributed by atoms with Crippen molar-refractivity contribution in [3.05, 3.63) is 23.8 Å². The van der Waals surface area contributed by atoms with Gasteiger partial charge >= 0.3 is 5.97 Å². The van der Waals surface area contributed by atoms with Gasteiger partial charge in [0.2, 0.25) is 0 Å². The fraction of sp³-hybridized carbons (Fsp3) is 0.533. The summed E-state index contributed by atoms with van der Waals surface area (Å²) in [6.07, 6.45) is 5.15. The topological polar surface area (TPSA) is 58.6 Å². The first-order chi connectivity index (χ1) is 9.19. The molecule has 2 N–H and O–H groups in total. The Hall–Kier alpha value is -1.71. The van der Waals surface area contributed by atoms with Crippen molar-refractivity contribution in [3.8, 4) is 5.75 Å². The molecule has 2 saturated carbocycles. The van der Waals surface area contributed by atoms with E-state index in [1.54, 1.807) is 25.3 Å². The second-order valence-corrected chi connectivity index (χ2v) is 5.57. The predicted octanol–water partition coefficient (Wildman–Crippen LogP) is 2.99. The van der Waals surface area contributed by atoms with E-state index in [9.17, 15) is 4.79 Å². The Morgan fingerprint density at radius 2 is 1.95 bits per heavy atom. The molecular weight excluding hydrogens is 242 g/mol. The van der Waals surface area contributed by atoms with Gasteiger partial charge in [-0.05, 0) is 55.7 Å². The summed E-state index contributed by atoms with van der Waals surface area (Å²) in [6, 6.07) is 5.47. The van der Waals surface area contributed by atoms with E-state index in [0.29, 0.717) is 11.6 Å². The zero-order valence-electron chi connectivity index (χ0n) is 11.1. The van der Waals surface area contributed by atoms with Crippen molar-refractivity contribution in [1.29, 1.82) is 0 Å². The summed E-state index contributed by atoms with van der Waals surface area (Å²) < 4.78 is 5.33. The number of hydrogen-bond donors (Lipinski definition) is 2. The highest BCUT2D eigenvalue weighted by molar-refractivity contribution is 5.89. The van der Waals surface area contributed by atoms with Crippen LogP contribution >= 0.6 is 0 Å². The van der Waals surface area contributed by atoms with E-state index in [-0.39, 0.29) is 0 Å². The molecule has 0 amide bonds. The number of carbonyl (C=O) groups is 1. The molecular formula is C15H19NO3. The van der Waals surface area contributed by atoms with Crippen LogP contribution < -0.4 is 10.1 Å². The van der Waals surface area contributed by atoms with E-state index in [2.05, 4.69) is 5.32 Å². The van der Waals surface area contributed by atoms with E-state index in [1.165, 1.54) is 25.7 Å². The molecule has 0 saturated heterocycles. The van der Waals surface area contributed by atoms with Crippen molar-refractivity contribution < 1.29 is 14.6 Å². The van der Waals surface area contributed by atoms with Crippen LogP contribution in [0.1, 0.15) is 36.0 Å². The number of aromatic carboxylic acids is 1. The van der Waals surface area contributed by atoms with Crippen LogP contribution in [-0.2, 0) is 0 Å². The SMILES string of the molecule is COc1ccc(C(=O)O)cc1NC(C1CC1)C1CC1. The van der Waals surface area contributed by atoms with Crippen LogP contribution in [0, 0.1) is 11.8 Å². The summed E-state index contributed by atoms with van der Waals surface area (Å²) in [7, 11) is 1.62. The van der Waals surface area contributed by atoms with Crippen molar-refractivity contribution in [2.24, 2.45) is 11.8 Å². The first kappa shape index (κ1) is 12.3. The maximum absolute atomic E-state index is 11.1. The number of nitrogens with one attached hydrogen (secondary N) is 1. The first-order valence-electron chi connectivity index (χ1n) is 6.87. The number of methoxy groups -OCH3 is 1. The number of carboxylic acid groups (broad SMARTS) is 1. The molecule has 4 nitrogen and oxygen atoms in total. The quantitative estimate of drug-likeness (QED) is 0.826. The van der Waals surface area contributed by atoms with Gasteiger partial charge in [-0.3, -0.25) is 0 Å².